The Morgan fingerprint density at radius 3 is 3.00 bits per heavy atom. The summed E-state index contributed by atoms with van der Waals surface area (Å²) < 4.78 is 6.02. The van der Waals surface area contributed by atoms with Crippen molar-refractivity contribution in [3.05, 3.63) is 34.8 Å². The second-order valence-electron chi connectivity index (χ2n) is 5.08. The van der Waals surface area contributed by atoms with Gasteiger partial charge in [-0.3, -0.25) is 9.78 Å². The van der Waals surface area contributed by atoms with Gasteiger partial charge in [-0.2, -0.15) is 0 Å². The fourth-order valence-corrected chi connectivity index (χ4v) is 2.59. The van der Waals surface area contributed by atoms with Gasteiger partial charge in [0.05, 0.1) is 24.5 Å². The maximum atomic E-state index is 12.0. The summed E-state index contributed by atoms with van der Waals surface area (Å²) in [6.07, 6.45) is 5.12. The number of methoxy groups -OCH3 is 1. The van der Waals surface area contributed by atoms with E-state index in [1.54, 1.807) is 19.5 Å². The molecule has 0 spiro atoms. The molecule has 2 N–H and O–H groups in total. The van der Waals surface area contributed by atoms with E-state index in [0.717, 1.165) is 10.2 Å². The van der Waals surface area contributed by atoms with Crippen molar-refractivity contribution in [2.45, 2.75) is 26.1 Å². The van der Waals surface area contributed by atoms with Gasteiger partial charge < -0.3 is 20.3 Å². The summed E-state index contributed by atoms with van der Waals surface area (Å²) >= 11 is 3.42. The van der Waals surface area contributed by atoms with Gasteiger partial charge in [0.1, 0.15) is 11.9 Å². The van der Waals surface area contributed by atoms with Crippen molar-refractivity contribution in [3.63, 3.8) is 0 Å². The average molecular weight is 355 g/mol. The molecule has 0 fully saturated rings. The van der Waals surface area contributed by atoms with Crippen molar-refractivity contribution >= 4 is 21.8 Å². The smallest absolute Gasteiger partial charge is 0.239 e. The first-order valence-electron chi connectivity index (χ1n) is 6.67. The molecule has 1 aliphatic rings. The normalized spacial score (nSPS) is 17.5. The van der Waals surface area contributed by atoms with Gasteiger partial charge >= 0.3 is 0 Å². The van der Waals surface area contributed by atoms with Crippen LogP contribution in [0.5, 0.6) is 5.75 Å². The van der Waals surface area contributed by atoms with Crippen LogP contribution in [0.15, 0.2) is 29.3 Å². The Labute approximate surface area is 132 Å². The maximum absolute atomic E-state index is 12.0. The van der Waals surface area contributed by atoms with Gasteiger partial charge in [-0.25, -0.2) is 0 Å². The summed E-state index contributed by atoms with van der Waals surface area (Å²) in [7, 11) is 1.60. The molecule has 21 heavy (non-hydrogen) atoms. The van der Waals surface area contributed by atoms with Gasteiger partial charge in [-0.1, -0.05) is 0 Å². The van der Waals surface area contributed by atoms with Crippen molar-refractivity contribution in [3.8, 4) is 5.75 Å². The lowest BCUT2D eigenvalue weighted by Gasteiger charge is -2.25. The molecule has 1 atom stereocenters. The molecule has 0 bridgehead atoms. The third kappa shape index (κ3) is 4.10. The van der Waals surface area contributed by atoms with E-state index in [2.05, 4.69) is 31.5 Å². The summed E-state index contributed by atoms with van der Waals surface area (Å²) in [6, 6.07) is 2.02. The monoisotopic (exact) mass is 354 g/mol. The Balaban J connectivity index is 2.12. The number of carbonyl (C=O) groups is 1. The molecule has 1 aromatic rings. The van der Waals surface area contributed by atoms with Crippen LogP contribution in [0.1, 0.15) is 25.6 Å². The number of ether oxygens (including phenoxy) is 1. The average Bonchev–Trinajstić information content (AvgIpc) is 2.78. The van der Waals surface area contributed by atoms with Crippen molar-refractivity contribution in [2.75, 3.05) is 13.7 Å². The standard InChI is InChI=1S/C14H19BrN4O2/c1-9(2)17-13(20)8-19-7-12(15)18-14(19)10-4-11(21-3)6-16-5-10/h4-7,9,14,18H,8H2,1-3H3,(H,17,20). The number of pyridine rings is 1. The van der Waals surface area contributed by atoms with E-state index in [1.807, 2.05) is 31.0 Å². The van der Waals surface area contributed by atoms with Gasteiger partial charge in [0.15, 0.2) is 0 Å². The zero-order chi connectivity index (χ0) is 15.4. The molecule has 0 saturated carbocycles. The molecule has 2 rings (SSSR count). The predicted molar refractivity (Wildman–Crippen MR) is 83.7 cm³/mol. The van der Waals surface area contributed by atoms with Crippen LogP contribution in [0.25, 0.3) is 0 Å². The lowest BCUT2D eigenvalue weighted by atomic mass is 10.2. The van der Waals surface area contributed by atoms with Crippen LogP contribution in [-0.4, -0.2) is 35.5 Å². The van der Waals surface area contributed by atoms with E-state index in [9.17, 15) is 4.79 Å². The molecule has 1 amide bonds. The minimum Gasteiger partial charge on any atom is -0.495 e. The molecule has 7 heteroatoms. The van der Waals surface area contributed by atoms with E-state index >= 15 is 0 Å². The molecule has 1 aliphatic heterocycles. The number of nitrogens with zero attached hydrogens (tertiary/aromatic N) is 2. The lowest BCUT2D eigenvalue weighted by molar-refractivity contribution is -0.122. The minimum atomic E-state index is -0.153. The molecule has 1 unspecified atom stereocenters. The summed E-state index contributed by atoms with van der Waals surface area (Å²) in [5.74, 6) is 0.662. The van der Waals surface area contributed by atoms with Crippen LogP contribution in [0.2, 0.25) is 0 Å². The highest BCUT2D eigenvalue weighted by molar-refractivity contribution is 9.11. The molecule has 114 valence electrons. The van der Waals surface area contributed by atoms with E-state index in [1.165, 1.54) is 0 Å². The quantitative estimate of drug-likeness (QED) is 0.788. The summed E-state index contributed by atoms with van der Waals surface area (Å²) in [5, 5.41) is 6.14. The third-order valence-corrected chi connectivity index (χ3v) is 3.38. The Morgan fingerprint density at radius 1 is 1.57 bits per heavy atom. The Bertz CT molecular complexity index is 548. The Morgan fingerprint density at radius 2 is 2.33 bits per heavy atom. The Hall–Kier alpha value is -1.76. The predicted octanol–water partition coefficient (Wildman–Crippen LogP) is 1.71. The van der Waals surface area contributed by atoms with E-state index in [4.69, 9.17) is 4.74 Å². The molecule has 2 heterocycles. The molecule has 6 nitrogen and oxygen atoms in total. The zero-order valence-electron chi connectivity index (χ0n) is 12.3. The molecular formula is C14H19BrN4O2. The van der Waals surface area contributed by atoms with Crippen LogP contribution in [0.3, 0.4) is 0 Å². The van der Waals surface area contributed by atoms with Crippen LogP contribution < -0.4 is 15.4 Å². The van der Waals surface area contributed by atoms with Crippen LogP contribution in [-0.2, 0) is 4.79 Å². The topological polar surface area (TPSA) is 66.5 Å². The first-order chi connectivity index (χ1) is 9.99. The van der Waals surface area contributed by atoms with Gasteiger partial charge in [0.25, 0.3) is 0 Å². The number of aromatic nitrogens is 1. The van der Waals surface area contributed by atoms with Crippen LogP contribution in [0, 0.1) is 0 Å². The van der Waals surface area contributed by atoms with Crippen molar-refractivity contribution in [1.82, 2.24) is 20.5 Å². The molecule has 0 aliphatic carbocycles. The molecule has 0 aromatic carbocycles. The van der Waals surface area contributed by atoms with Crippen molar-refractivity contribution in [2.24, 2.45) is 0 Å². The highest BCUT2D eigenvalue weighted by Crippen LogP contribution is 2.28. The number of carbonyl (C=O) groups excluding carboxylic acids is 1. The van der Waals surface area contributed by atoms with Gasteiger partial charge in [-0.15, -0.1) is 0 Å². The number of hydrogen-bond acceptors (Lipinski definition) is 5. The number of nitrogens with one attached hydrogen (secondary N) is 2. The Kier molecular flexibility index (Phi) is 5.06. The summed E-state index contributed by atoms with van der Waals surface area (Å²) in [5.41, 5.74) is 0.928. The summed E-state index contributed by atoms with van der Waals surface area (Å²) in [4.78, 5) is 18.0. The first kappa shape index (κ1) is 15.6. The second kappa shape index (κ2) is 6.80. The van der Waals surface area contributed by atoms with Crippen molar-refractivity contribution in [1.29, 1.82) is 0 Å². The lowest BCUT2D eigenvalue weighted by Crippen LogP contribution is -2.40. The largest absolute Gasteiger partial charge is 0.495 e. The van der Waals surface area contributed by atoms with Crippen LogP contribution in [0.4, 0.5) is 0 Å². The van der Waals surface area contributed by atoms with E-state index in [0.29, 0.717) is 5.75 Å². The van der Waals surface area contributed by atoms with Crippen LogP contribution >= 0.6 is 15.9 Å². The van der Waals surface area contributed by atoms with Gasteiger partial charge in [0.2, 0.25) is 5.91 Å². The van der Waals surface area contributed by atoms with E-state index in [-0.39, 0.29) is 24.7 Å². The number of amides is 1. The minimum absolute atomic E-state index is 0.0221. The highest BCUT2D eigenvalue weighted by Gasteiger charge is 2.26. The van der Waals surface area contributed by atoms with Crippen molar-refractivity contribution < 1.29 is 9.53 Å². The number of halogens is 1. The third-order valence-electron chi connectivity index (χ3n) is 2.95. The summed E-state index contributed by atoms with van der Waals surface area (Å²) in [6.45, 7) is 4.15. The fourth-order valence-electron chi connectivity index (χ4n) is 2.11. The molecule has 0 saturated heterocycles. The molecule has 1 aromatic heterocycles. The first-order valence-corrected chi connectivity index (χ1v) is 7.47. The van der Waals surface area contributed by atoms with Gasteiger partial charge in [0, 0.05) is 24.0 Å². The molecule has 0 radical (unpaired) electrons. The number of rotatable bonds is 5. The van der Waals surface area contributed by atoms with E-state index < -0.39 is 0 Å². The highest BCUT2D eigenvalue weighted by atomic mass is 79.9. The molecular weight excluding hydrogens is 336 g/mol. The van der Waals surface area contributed by atoms with Gasteiger partial charge in [-0.05, 0) is 35.8 Å². The number of hydrogen-bond donors (Lipinski definition) is 2. The zero-order valence-corrected chi connectivity index (χ0v) is 13.8. The second-order valence-corrected chi connectivity index (χ2v) is 5.93. The SMILES string of the molecule is COc1cncc(C2NC(Br)=CN2CC(=O)NC(C)C)c1. The fraction of sp³-hybridized carbons (Fsp3) is 0.429. The maximum Gasteiger partial charge on any atom is 0.239 e.